The van der Waals surface area contributed by atoms with E-state index in [1.807, 2.05) is 11.7 Å². The van der Waals surface area contributed by atoms with Crippen LogP contribution in [-0.2, 0) is 6.54 Å². The van der Waals surface area contributed by atoms with E-state index in [1.165, 1.54) is 11.3 Å². The third kappa shape index (κ3) is 3.31. The smallest absolute Gasteiger partial charge is 0.0794 e. The van der Waals surface area contributed by atoms with E-state index in [0.717, 1.165) is 19.4 Å². The van der Waals surface area contributed by atoms with Gasteiger partial charge in [-0.15, -0.1) is 11.3 Å². The highest BCUT2D eigenvalue weighted by molar-refractivity contribution is 7.09. The first kappa shape index (κ1) is 14.0. The van der Waals surface area contributed by atoms with Gasteiger partial charge in [0.1, 0.15) is 0 Å². The molecule has 1 aliphatic rings. The average molecular weight is 268 g/mol. The molecule has 0 bridgehead atoms. The van der Waals surface area contributed by atoms with E-state index >= 15 is 0 Å². The van der Waals surface area contributed by atoms with E-state index in [1.54, 1.807) is 11.3 Å². The van der Waals surface area contributed by atoms with E-state index in [2.05, 4.69) is 31.1 Å². The molecule has 1 heterocycles. The molecule has 0 saturated heterocycles. The normalized spacial score (nSPS) is 31.4. The summed E-state index contributed by atoms with van der Waals surface area (Å²) in [6.45, 7) is 7.94. The van der Waals surface area contributed by atoms with E-state index in [-0.39, 0.29) is 12.1 Å². The molecule has 18 heavy (non-hydrogen) atoms. The summed E-state index contributed by atoms with van der Waals surface area (Å²) in [5, 5.41) is 13.4. The van der Waals surface area contributed by atoms with E-state index in [4.69, 9.17) is 0 Å². The number of thiazole rings is 1. The molecule has 3 nitrogen and oxygen atoms in total. The first-order chi connectivity index (χ1) is 8.45. The lowest BCUT2D eigenvalue weighted by molar-refractivity contribution is 0.0354. The van der Waals surface area contributed by atoms with Crippen LogP contribution in [0.5, 0.6) is 0 Å². The van der Waals surface area contributed by atoms with Crippen LogP contribution in [0.25, 0.3) is 0 Å². The molecule has 1 aliphatic carbocycles. The van der Waals surface area contributed by atoms with Crippen molar-refractivity contribution in [3.05, 3.63) is 16.6 Å². The van der Waals surface area contributed by atoms with Crippen LogP contribution < -0.4 is 5.32 Å². The predicted molar refractivity (Wildman–Crippen MR) is 75.6 cm³/mol. The Balaban J connectivity index is 2.05. The van der Waals surface area contributed by atoms with Crippen LogP contribution >= 0.6 is 11.3 Å². The number of hydrogen-bond acceptors (Lipinski definition) is 4. The van der Waals surface area contributed by atoms with Gasteiger partial charge in [-0.25, -0.2) is 0 Å². The van der Waals surface area contributed by atoms with Crippen LogP contribution in [0.4, 0.5) is 0 Å². The molecule has 2 rings (SSSR count). The predicted octanol–water partition coefficient (Wildman–Crippen LogP) is 2.81. The third-order valence-corrected chi connectivity index (χ3v) is 4.66. The summed E-state index contributed by atoms with van der Waals surface area (Å²) < 4.78 is 0. The van der Waals surface area contributed by atoms with Gasteiger partial charge in [0.2, 0.25) is 0 Å². The number of nitrogens with zero attached hydrogens (tertiary/aromatic N) is 1. The van der Waals surface area contributed by atoms with Gasteiger partial charge >= 0.3 is 0 Å². The van der Waals surface area contributed by atoms with Crippen LogP contribution in [0.2, 0.25) is 0 Å². The molecular weight excluding hydrogens is 244 g/mol. The molecule has 0 spiro atoms. The number of aliphatic hydroxyl groups is 1. The molecule has 1 fully saturated rings. The molecule has 2 unspecified atom stereocenters. The third-order valence-electron chi connectivity index (χ3n) is 3.88. The Kier molecular flexibility index (Phi) is 4.09. The SMILES string of the molecule is CC1CC(C)(C)CC(CO)(NCc2cncs2)C1. The standard InChI is InChI=1S/C14H24N2OS/c1-11-4-13(2,3)8-14(5-11,9-17)16-7-12-6-15-10-18-12/h6,10-11,16-17H,4-5,7-9H2,1-3H3. The Labute approximate surface area is 114 Å². The van der Waals surface area contributed by atoms with E-state index in [0.29, 0.717) is 11.3 Å². The quantitative estimate of drug-likeness (QED) is 0.882. The van der Waals surface area contributed by atoms with Gasteiger partial charge in [-0.05, 0) is 30.6 Å². The van der Waals surface area contributed by atoms with Crippen molar-refractivity contribution in [3.8, 4) is 0 Å². The van der Waals surface area contributed by atoms with Gasteiger partial charge in [0.15, 0.2) is 0 Å². The molecule has 102 valence electrons. The van der Waals surface area contributed by atoms with Crippen molar-refractivity contribution in [3.63, 3.8) is 0 Å². The topological polar surface area (TPSA) is 45.1 Å². The maximum Gasteiger partial charge on any atom is 0.0794 e. The number of aromatic nitrogens is 1. The van der Waals surface area contributed by atoms with Gasteiger partial charge in [-0.1, -0.05) is 20.8 Å². The van der Waals surface area contributed by atoms with Crippen LogP contribution in [-0.4, -0.2) is 22.2 Å². The van der Waals surface area contributed by atoms with Crippen molar-refractivity contribution >= 4 is 11.3 Å². The van der Waals surface area contributed by atoms with Gasteiger partial charge in [0, 0.05) is 23.2 Å². The van der Waals surface area contributed by atoms with Gasteiger partial charge in [0.05, 0.1) is 12.1 Å². The van der Waals surface area contributed by atoms with Gasteiger partial charge in [-0.3, -0.25) is 4.98 Å². The second-order valence-electron chi connectivity index (χ2n) is 6.61. The minimum atomic E-state index is -0.120. The fourth-order valence-corrected chi connectivity index (χ4v) is 4.19. The van der Waals surface area contributed by atoms with Crippen LogP contribution in [0.1, 0.15) is 44.9 Å². The molecule has 1 aromatic rings. The Hall–Kier alpha value is -0.450. The molecular formula is C14H24N2OS. The summed E-state index contributed by atoms with van der Waals surface area (Å²) in [7, 11) is 0. The zero-order chi connectivity index (χ0) is 13.2. The first-order valence-corrected chi connectivity index (χ1v) is 7.56. The van der Waals surface area contributed by atoms with Crippen molar-refractivity contribution in [2.24, 2.45) is 11.3 Å². The Morgan fingerprint density at radius 3 is 2.83 bits per heavy atom. The highest BCUT2D eigenvalue weighted by atomic mass is 32.1. The molecule has 0 aromatic carbocycles. The number of nitrogens with one attached hydrogen (secondary N) is 1. The lowest BCUT2D eigenvalue weighted by atomic mass is 9.64. The van der Waals surface area contributed by atoms with Gasteiger partial charge < -0.3 is 10.4 Å². The molecule has 2 atom stereocenters. The molecule has 1 saturated carbocycles. The maximum absolute atomic E-state index is 9.85. The van der Waals surface area contributed by atoms with Crippen molar-refractivity contribution < 1.29 is 5.11 Å². The summed E-state index contributed by atoms with van der Waals surface area (Å²) in [5.41, 5.74) is 2.04. The van der Waals surface area contributed by atoms with Crippen molar-refractivity contribution in [2.75, 3.05) is 6.61 Å². The summed E-state index contributed by atoms with van der Waals surface area (Å²) in [5.74, 6) is 0.662. The van der Waals surface area contributed by atoms with E-state index < -0.39 is 0 Å². The average Bonchev–Trinajstić information content (AvgIpc) is 2.76. The highest BCUT2D eigenvalue weighted by Crippen LogP contribution is 2.43. The molecule has 2 N–H and O–H groups in total. The zero-order valence-corrected chi connectivity index (χ0v) is 12.4. The molecule has 4 heteroatoms. The number of aliphatic hydroxyl groups excluding tert-OH is 1. The maximum atomic E-state index is 9.85. The van der Waals surface area contributed by atoms with Crippen molar-refractivity contribution in [2.45, 2.75) is 52.1 Å². The van der Waals surface area contributed by atoms with E-state index in [9.17, 15) is 5.11 Å². The monoisotopic (exact) mass is 268 g/mol. The fourth-order valence-electron chi connectivity index (χ4n) is 3.66. The lowest BCUT2D eigenvalue weighted by Crippen LogP contribution is -2.54. The molecule has 0 amide bonds. The van der Waals surface area contributed by atoms with Crippen LogP contribution in [0, 0.1) is 11.3 Å². The van der Waals surface area contributed by atoms with Gasteiger partial charge in [0.25, 0.3) is 0 Å². The minimum Gasteiger partial charge on any atom is -0.394 e. The molecule has 0 aliphatic heterocycles. The minimum absolute atomic E-state index is 0.120. The van der Waals surface area contributed by atoms with Gasteiger partial charge in [-0.2, -0.15) is 0 Å². The summed E-state index contributed by atoms with van der Waals surface area (Å²) in [6.07, 6.45) is 5.25. The number of rotatable bonds is 4. The second kappa shape index (κ2) is 5.27. The van der Waals surface area contributed by atoms with Crippen molar-refractivity contribution in [1.29, 1.82) is 0 Å². The van der Waals surface area contributed by atoms with Crippen LogP contribution in [0.3, 0.4) is 0 Å². The van der Waals surface area contributed by atoms with Crippen LogP contribution in [0.15, 0.2) is 11.7 Å². The molecule has 0 radical (unpaired) electrons. The summed E-state index contributed by atoms with van der Waals surface area (Å²) in [6, 6.07) is 0. The summed E-state index contributed by atoms with van der Waals surface area (Å²) in [4.78, 5) is 5.33. The van der Waals surface area contributed by atoms with Crippen molar-refractivity contribution in [1.82, 2.24) is 10.3 Å². The highest BCUT2D eigenvalue weighted by Gasteiger charge is 2.42. The fraction of sp³-hybridized carbons (Fsp3) is 0.786. The Morgan fingerprint density at radius 1 is 1.50 bits per heavy atom. The lowest BCUT2D eigenvalue weighted by Gasteiger charge is -2.47. The summed E-state index contributed by atoms with van der Waals surface area (Å²) >= 11 is 1.67. The number of hydrogen-bond donors (Lipinski definition) is 2. The largest absolute Gasteiger partial charge is 0.394 e. The first-order valence-electron chi connectivity index (χ1n) is 6.68. The molecule has 1 aromatic heterocycles. The Bertz CT molecular complexity index is 377. The zero-order valence-electron chi connectivity index (χ0n) is 11.6. The Morgan fingerprint density at radius 2 is 2.28 bits per heavy atom. The second-order valence-corrected chi connectivity index (χ2v) is 7.59.